The second-order valence-electron chi connectivity index (χ2n) is 2.80. The monoisotopic (exact) mass is 169 g/mol. The van der Waals surface area contributed by atoms with Crippen molar-refractivity contribution in [3.63, 3.8) is 0 Å². The van der Waals surface area contributed by atoms with Gasteiger partial charge in [-0.15, -0.1) is 0 Å². The second-order valence-corrected chi connectivity index (χ2v) is 2.80. The van der Waals surface area contributed by atoms with Crippen LogP contribution in [0.25, 0.3) is 0 Å². The summed E-state index contributed by atoms with van der Waals surface area (Å²) < 4.78 is 5.40. The fraction of sp³-hybridized carbons (Fsp3) is 0.667. The van der Waals surface area contributed by atoms with Crippen LogP contribution in [0.2, 0.25) is 0 Å². The van der Waals surface area contributed by atoms with E-state index in [9.17, 15) is 0 Å². The normalized spacial score (nSPS) is 10.5. The molecule has 0 spiro atoms. The van der Waals surface area contributed by atoms with Crippen molar-refractivity contribution in [3.05, 3.63) is 17.8 Å². The first-order chi connectivity index (χ1) is 5.86. The molecule has 0 aliphatic rings. The van der Waals surface area contributed by atoms with Gasteiger partial charge in [0.25, 0.3) is 0 Å². The van der Waals surface area contributed by atoms with Gasteiger partial charge in [0.05, 0.1) is 6.20 Å². The molecule has 0 aliphatic carbocycles. The van der Waals surface area contributed by atoms with Crippen molar-refractivity contribution in [1.82, 2.24) is 4.98 Å². The Balaban J connectivity index is 2.41. The topological polar surface area (TPSA) is 46.3 Å². The Labute approximate surface area is 72.4 Å². The summed E-state index contributed by atoms with van der Waals surface area (Å²) in [7, 11) is 0. The molecule has 1 rings (SSSR count). The highest BCUT2D eigenvalue weighted by Crippen LogP contribution is 2.07. The zero-order chi connectivity index (χ0) is 8.81. The summed E-state index contributed by atoms with van der Waals surface area (Å²) in [6, 6.07) is 0. The Morgan fingerprint density at radius 1 is 1.50 bits per heavy atom. The molecule has 0 amide bonds. The van der Waals surface area contributed by atoms with E-state index in [0.29, 0.717) is 0 Å². The molecule has 0 fully saturated rings. The number of hydrogen-bond donors (Lipinski definition) is 1. The Hall–Kier alpha value is -0.830. The average Bonchev–Trinajstić information content (AvgIpc) is 2.50. The van der Waals surface area contributed by atoms with E-state index in [0.717, 1.165) is 37.3 Å². The molecule has 0 radical (unpaired) electrons. The average molecular weight is 169 g/mol. The van der Waals surface area contributed by atoms with Crippen LogP contribution in [0.1, 0.15) is 31.4 Å². The number of aromatic nitrogens is 1. The molecular formula is C9H15NO2. The fourth-order valence-corrected chi connectivity index (χ4v) is 1.06. The van der Waals surface area contributed by atoms with E-state index in [-0.39, 0.29) is 6.61 Å². The molecular weight excluding hydrogens is 154 g/mol. The highest BCUT2D eigenvalue weighted by atomic mass is 16.4. The molecule has 1 heterocycles. The van der Waals surface area contributed by atoms with Crippen LogP contribution in [0.4, 0.5) is 0 Å². The smallest absolute Gasteiger partial charge is 0.194 e. The van der Waals surface area contributed by atoms with Crippen molar-refractivity contribution < 1.29 is 9.52 Å². The van der Waals surface area contributed by atoms with Crippen LogP contribution in [0, 0.1) is 0 Å². The van der Waals surface area contributed by atoms with Crippen molar-refractivity contribution >= 4 is 0 Å². The van der Waals surface area contributed by atoms with E-state index in [1.54, 1.807) is 6.20 Å². The van der Waals surface area contributed by atoms with Gasteiger partial charge in [0.2, 0.25) is 0 Å². The Bertz CT molecular complexity index is 220. The minimum Gasteiger partial charge on any atom is -0.446 e. The highest BCUT2D eigenvalue weighted by molar-refractivity contribution is 4.94. The van der Waals surface area contributed by atoms with Gasteiger partial charge in [0, 0.05) is 19.4 Å². The number of aryl methyl sites for hydroxylation is 2. The SMILES string of the molecule is CCCc1cnc(CCCO)o1. The van der Waals surface area contributed by atoms with Crippen LogP contribution in [-0.4, -0.2) is 16.7 Å². The number of rotatable bonds is 5. The Kier molecular flexibility index (Phi) is 3.80. The van der Waals surface area contributed by atoms with Crippen molar-refractivity contribution in [2.45, 2.75) is 32.6 Å². The van der Waals surface area contributed by atoms with Gasteiger partial charge >= 0.3 is 0 Å². The third-order valence-electron chi connectivity index (χ3n) is 1.65. The standard InChI is InChI=1S/C9H15NO2/c1-2-4-8-7-10-9(12-8)5-3-6-11/h7,11H,2-6H2,1H3. The molecule has 0 atom stereocenters. The number of hydrogen-bond acceptors (Lipinski definition) is 3. The van der Waals surface area contributed by atoms with E-state index < -0.39 is 0 Å². The van der Waals surface area contributed by atoms with Gasteiger partial charge in [-0.3, -0.25) is 0 Å². The van der Waals surface area contributed by atoms with Crippen molar-refractivity contribution in [3.8, 4) is 0 Å². The van der Waals surface area contributed by atoms with Crippen LogP contribution in [0.5, 0.6) is 0 Å². The Morgan fingerprint density at radius 2 is 2.33 bits per heavy atom. The maximum atomic E-state index is 8.57. The van der Waals surface area contributed by atoms with Gasteiger partial charge in [0.1, 0.15) is 5.76 Å². The third-order valence-corrected chi connectivity index (χ3v) is 1.65. The van der Waals surface area contributed by atoms with Gasteiger partial charge in [-0.2, -0.15) is 0 Å². The lowest BCUT2D eigenvalue weighted by molar-refractivity contribution is 0.282. The van der Waals surface area contributed by atoms with Gasteiger partial charge in [-0.05, 0) is 12.8 Å². The molecule has 0 bridgehead atoms. The lowest BCUT2D eigenvalue weighted by Crippen LogP contribution is -1.88. The van der Waals surface area contributed by atoms with Crippen molar-refractivity contribution in [2.24, 2.45) is 0 Å². The zero-order valence-corrected chi connectivity index (χ0v) is 7.42. The molecule has 0 aliphatic heterocycles. The summed E-state index contributed by atoms with van der Waals surface area (Å²) in [5.74, 6) is 1.69. The summed E-state index contributed by atoms with van der Waals surface area (Å²) >= 11 is 0. The summed E-state index contributed by atoms with van der Waals surface area (Å²) in [5, 5.41) is 8.57. The summed E-state index contributed by atoms with van der Waals surface area (Å²) in [6.07, 6.45) is 5.27. The molecule has 3 nitrogen and oxygen atoms in total. The van der Waals surface area contributed by atoms with E-state index in [4.69, 9.17) is 9.52 Å². The molecule has 1 aromatic heterocycles. The van der Waals surface area contributed by atoms with E-state index >= 15 is 0 Å². The lowest BCUT2D eigenvalue weighted by atomic mass is 10.3. The van der Waals surface area contributed by atoms with Gasteiger partial charge in [0.15, 0.2) is 5.89 Å². The lowest BCUT2D eigenvalue weighted by Gasteiger charge is -1.91. The molecule has 1 N–H and O–H groups in total. The highest BCUT2D eigenvalue weighted by Gasteiger charge is 2.01. The summed E-state index contributed by atoms with van der Waals surface area (Å²) in [5.41, 5.74) is 0. The molecule has 0 aromatic carbocycles. The number of nitrogens with zero attached hydrogens (tertiary/aromatic N) is 1. The van der Waals surface area contributed by atoms with Crippen LogP contribution >= 0.6 is 0 Å². The largest absolute Gasteiger partial charge is 0.446 e. The molecule has 0 unspecified atom stereocenters. The van der Waals surface area contributed by atoms with Gasteiger partial charge in [-0.1, -0.05) is 6.92 Å². The van der Waals surface area contributed by atoms with E-state index in [1.807, 2.05) is 0 Å². The maximum Gasteiger partial charge on any atom is 0.194 e. The first kappa shape index (κ1) is 9.26. The first-order valence-corrected chi connectivity index (χ1v) is 4.41. The van der Waals surface area contributed by atoms with Crippen LogP contribution in [0.3, 0.4) is 0 Å². The quantitative estimate of drug-likeness (QED) is 0.727. The van der Waals surface area contributed by atoms with Crippen LogP contribution in [0.15, 0.2) is 10.6 Å². The maximum absolute atomic E-state index is 8.57. The summed E-state index contributed by atoms with van der Waals surface area (Å²) in [6.45, 7) is 2.31. The molecule has 3 heteroatoms. The number of oxazole rings is 1. The molecule has 0 saturated heterocycles. The van der Waals surface area contributed by atoms with E-state index in [2.05, 4.69) is 11.9 Å². The van der Waals surface area contributed by atoms with E-state index in [1.165, 1.54) is 0 Å². The molecule has 1 aromatic rings. The predicted molar refractivity (Wildman–Crippen MR) is 45.9 cm³/mol. The van der Waals surface area contributed by atoms with Crippen LogP contribution < -0.4 is 0 Å². The summed E-state index contributed by atoms with van der Waals surface area (Å²) in [4.78, 5) is 4.09. The minimum absolute atomic E-state index is 0.200. The zero-order valence-electron chi connectivity index (χ0n) is 7.42. The number of aliphatic hydroxyl groups is 1. The van der Waals surface area contributed by atoms with Gasteiger partial charge in [-0.25, -0.2) is 4.98 Å². The molecule has 68 valence electrons. The first-order valence-electron chi connectivity index (χ1n) is 4.41. The third kappa shape index (κ3) is 2.66. The van der Waals surface area contributed by atoms with Crippen LogP contribution in [-0.2, 0) is 12.8 Å². The van der Waals surface area contributed by atoms with Crippen molar-refractivity contribution in [2.75, 3.05) is 6.61 Å². The molecule has 12 heavy (non-hydrogen) atoms. The Morgan fingerprint density at radius 3 is 3.00 bits per heavy atom. The number of aliphatic hydroxyl groups excluding tert-OH is 1. The predicted octanol–water partition coefficient (Wildman–Crippen LogP) is 1.55. The van der Waals surface area contributed by atoms with Gasteiger partial charge < -0.3 is 9.52 Å². The minimum atomic E-state index is 0.200. The second kappa shape index (κ2) is 4.93. The molecule has 0 saturated carbocycles. The fourth-order valence-electron chi connectivity index (χ4n) is 1.06. The van der Waals surface area contributed by atoms with Crippen molar-refractivity contribution in [1.29, 1.82) is 0 Å².